The van der Waals surface area contributed by atoms with Crippen LogP contribution >= 0.6 is 0 Å². The molecule has 1 aromatic rings. The highest BCUT2D eigenvalue weighted by Gasteiger charge is 2.39. The molecular weight excluding hydrogens is 250 g/mol. The van der Waals surface area contributed by atoms with Crippen LogP contribution in [0.1, 0.15) is 44.2 Å². The zero-order chi connectivity index (χ0) is 14.1. The molecule has 0 radical (unpaired) electrons. The van der Waals surface area contributed by atoms with Gasteiger partial charge in [0.25, 0.3) is 0 Å². The van der Waals surface area contributed by atoms with Crippen molar-refractivity contribution in [3.63, 3.8) is 0 Å². The third kappa shape index (κ3) is 2.51. The Morgan fingerprint density at radius 2 is 2.00 bits per heavy atom. The molecule has 4 atom stereocenters. The van der Waals surface area contributed by atoms with E-state index < -0.39 is 0 Å². The third-order valence-corrected chi connectivity index (χ3v) is 5.11. The van der Waals surface area contributed by atoms with Crippen molar-refractivity contribution in [2.24, 2.45) is 11.8 Å². The Morgan fingerprint density at radius 3 is 2.60 bits per heavy atom. The highest BCUT2D eigenvalue weighted by molar-refractivity contribution is 5.42. The van der Waals surface area contributed by atoms with Gasteiger partial charge < -0.3 is 14.8 Å². The van der Waals surface area contributed by atoms with Crippen LogP contribution in [0.3, 0.4) is 0 Å². The van der Waals surface area contributed by atoms with Gasteiger partial charge in [-0.3, -0.25) is 0 Å². The van der Waals surface area contributed by atoms with Crippen LogP contribution in [-0.4, -0.2) is 20.3 Å². The number of hydrogen-bond acceptors (Lipinski definition) is 3. The van der Waals surface area contributed by atoms with Gasteiger partial charge in [0.05, 0.1) is 14.2 Å². The predicted octanol–water partition coefficient (Wildman–Crippen LogP) is 3.54. The minimum Gasteiger partial charge on any atom is -0.497 e. The van der Waals surface area contributed by atoms with Crippen molar-refractivity contribution in [3.05, 3.63) is 23.8 Å². The molecule has 0 spiro atoms. The average Bonchev–Trinajstić information content (AvgIpc) is 3.09. The van der Waals surface area contributed by atoms with Crippen LogP contribution in [0.15, 0.2) is 18.2 Å². The van der Waals surface area contributed by atoms with Gasteiger partial charge >= 0.3 is 0 Å². The second-order valence-electron chi connectivity index (χ2n) is 6.28. The van der Waals surface area contributed by atoms with Gasteiger partial charge in [-0.1, -0.05) is 6.42 Å². The summed E-state index contributed by atoms with van der Waals surface area (Å²) in [5, 5.41) is 3.82. The van der Waals surface area contributed by atoms with Crippen molar-refractivity contribution in [3.8, 4) is 11.5 Å². The fourth-order valence-corrected chi connectivity index (χ4v) is 4.04. The van der Waals surface area contributed by atoms with E-state index in [9.17, 15) is 0 Å². The molecule has 2 saturated carbocycles. The van der Waals surface area contributed by atoms with E-state index in [2.05, 4.69) is 18.3 Å². The highest BCUT2D eigenvalue weighted by atomic mass is 16.5. The van der Waals surface area contributed by atoms with Crippen molar-refractivity contribution in [2.75, 3.05) is 14.2 Å². The zero-order valence-electron chi connectivity index (χ0n) is 12.7. The Kier molecular flexibility index (Phi) is 3.88. The van der Waals surface area contributed by atoms with Gasteiger partial charge in [-0.2, -0.15) is 0 Å². The van der Waals surface area contributed by atoms with E-state index in [1.807, 2.05) is 12.1 Å². The van der Waals surface area contributed by atoms with Crippen molar-refractivity contribution in [2.45, 2.75) is 44.7 Å². The van der Waals surface area contributed by atoms with E-state index in [1.54, 1.807) is 14.2 Å². The molecule has 0 aliphatic heterocycles. The van der Waals surface area contributed by atoms with Crippen molar-refractivity contribution in [1.82, 2.24) is 5.32 Å². The van der Waals surface area contributed by atoms with Crippen LogP contribution in [0.5, 0.6) is 11.5 Å². The van der Waals surface area contributed by atoms with E-state index >= 15 is 0 Å². The van der Waals surface area contributed by atoms with Gasteiger partial charge in [-0.05, 0) is 56.2 Å². The van der Waals surface area contributed by atoms with Gasteiger partial charge in [0.2, 0.25) is 0 Å². The normalized spacial score (nSPS) is 29.4. The van der Waals surface area contributed by atoms with Crippen molar-refractivity contribution >= 4 is 0 Å². The Morgan fingerprint density at radius 1 is 1.15 bits per heavy atom. The number of fused-ring (bicyclic) bond motifs is 2. The molecule has 0 amide bonds. The zero-order valence-corrected chi connectivity index (χ0v) is 12.7. The van der Waals surface area contributed by atoms with Crippen LogP contribution < -0.4 is 14.8 Å². The molecule has 0 aromatic heterocycles. The number of nitrogens with one attached hydrogen (secondary N) is 1. The molecule has 0 saturated heterocycles. The number of methoxy groups -OCH3 is 2. The maximum Gasteiger partial charge on any atom is 0.123 e. The summed E-state index contributed by atoms with van der Waals surface area (Å²) in [5.41, 5.74) is 1.19. The molecule has 3 rings (SSSR count). The molecule has 3 heteroatoms. The lowest BCUT2D eigenvalue weighted by Gasteiger charge is -2.28. The fraction of sp³-hybridized carbons (Fsp3) is 0.647. The van der Waals surface area contributed by atoms with Gasteiger partial charge in [-0.25, -0.2) is 0 Å². The highest BCUT2D eigenvalue weighted by Crippen LogP contribution is 2.45. The monoisotopic (exact) mass is 275 g/mol. The summed E-state index contributed by atoms with van der Waals surface area (Å²) in [6, 6.07) is 7.01. The maximum absolute atomic E-state index is 5.50. The summed E-state index contributed by atoms with van der Waals surface area (Å²) in [4.78, 5) is 0. The van der Waals surface area contributed by atoms with Gasteiger partial charge in [-0.15, -0.1) is 0 Å². The minimum absolute atomic E-state index is 0.296. The first-order valence-corrected chi connectivity index (χ1v) is 7.69. The lowest BCUT2D eigenvalue weighted by Crippen LogP contribution is -2.35. The van der Waals surface area contributed by atoms with Crippen molar-refractivity contribution in [1.29, 1.82) is 0 Å². The van der Waals surface area contributed by atoms with Crippen LogP contribution in [0, 0.1) is 11.8 Å². The van der Waals surface area contributed by atoms with E-state index in [0.717, 1.165) is 23.3 Å². The minimum atomic E-state index is 0.296. The van der Waals surface area contributed by atoms with Crippen LogP contribution in [0.4, 0.5) is 0 Å². The largest absolute Gasteiger partial charge is 0.497 e. The number of benzene rings is 1. The SMILES string of the molecule is COc1ccc(OC)c(C(C)NC2CC3CCC2C3)c1. The Hall–Kier alpha value is -1.22. The number of ether oxygens (including phenoxy) is 2. The van der Waals surface area contributed by atoms with Crippen LogP contribution in [-0.2, 0) is 0 Å². The molecule has 2 aliphatic carbocycles. The van der Waals surface area contributed by atoms with Gasteiger partial charge in [0, 0.05) is 17.6 Å². The summed E-state index contributed by atoms with van der Waals surface area (Å²) in [5.74, 6) is 3.69. The smallest absolute Gasteiger partial charge is 0.123 e. The quantitative estimate of drug-likeness (QED) is 0.891. The van der Waals surface area contributed by atoms with E-state index in [-0.39, 0.29) is 0 Å². The molecule has 3 nitrogen and oxygen atoms in total. The van der Waals surface area contributed by atoms with E-state index in [4.69, 9.17) is 9.47 Å². The van der Waals surface area contributed by atoms with Crippen LogP contribution in [0.2, 0.25) is 0 Å². The predicted molar refractivity (Wildman–Crippen MR) is 80.3 cm³/mol. The Labute approximate surface area is 121 Å². The first kappa shape index (κ1) is 13.7. The summed E-state index contributed by atoms with van der Waals surface area (Å²) in [6.45, 7) is 2.23. The second-order valence-corrected chi connectivity index (χ2v) is 6.28. The average molecular weight is 275 g/mol. The molecule has 110 valence electrons. The Balaban J connectivity index is 1.74. The molecule has 1 aromatic carbocycles. The lowest BCUT2D eigenvalue weighted by molar-refractivity contribution is 0.320. The standard InChI is InChI=1S/C17H25NO2/c1-11(18-16-9-12-4-5-13(16)8-12)15-10-14(19-2)6-7-17(15)20-3/h6-7,10-13,16,18H,4-5,8-9H2,1-3H3. The van der Waals surface area contributed by atoms with Gasteiger partial charge in [0.15, 0.2) is 0 Å². The summed E-state index contributed by atoms with van der Waals surface area (Å²) >= 11 is 0. The van der Waals surface area contributed by atoms with Gasteiger partial charge in [0.1, 0.15) is 11.5 Å². The molecular formula is C17H25NO2. The summed E-state index contributed by atoms with van der Waals surface area (Å²) in [7, 11) is 3.44. The van der Waals surface area contributed by atoms with Crippen LogP contribution in [0.25, 0.3) is 0 Å². The first-order valence-electron chi connectivity index (χ1n) is 7.69. The molecule has 0 heterocycles. The third-order valence-electron chi connectivity index (χ3n) is 5.11. The Bertz CT molecular complexity index is 474. The second kappa shape index (κ2) is 5.65. The summed E-state index contributed by atoms with van der Waals surface area (Å²) in [6.07, 6.45) is 5.63. The number of rotatable bonds is 5. The molecule has 2 aliphatic rings. The van der Waals surface area contributed by atoms with E-state index in [0.29, 0.717) is 12.1 Å². The summed E-state index contributed by atoms with van der Waals surface area (Å²) < 4.78 is 10.8. The van der Waals surface area contributed by atoms with E-state index in [1.165, 1.54) is 31.2 Å². The molecule has 1 N–H and O–H groups in total. The first-order chi connectivity index (χ1) is 9.71. The molecule has 2 bridgehead atoms. The fourth-order valence-electron chi connectivity index (χ4n) is 4.04. The number of hydrogen-bond donors (Lipinski definition) is 1. The molecule has 4 unspecified atom stereocenters. The topological polar surface area (TPSA) is 30.5 Å². The molecule has 2 fully saturated rings. The molecule has 20 heavy (non-hydrogen) atoms. The van der Waals surface area contributed by atoms with Crippen molar-refractivity contribution < 1.29 is 9.47 Å². The lowest BCUT2D eigenvalue weighted by atomic mass is 9.94. The maximum atomic E-state index is 5.50.